The van der Waals surface area contributed by atoms with Crippen molar-refractivity contribution in [2.24, 2.45) is 0 Å². The van der Waals surface area contributed by atoms with Crippen molar-refractivity contribution in [1.29, 1.82) is 0 Å². The lowest BCUT2D eigenvalue weighted by Crippen LogP contribution is -2.43. The number of amides is 1. The van der Waals surface area contributed by atoms with Crippen LogP contribution in [-0.4, -0.2) is 46.2 Å². The minimum Gasteiger partial charge on any atom is -0.484 e. The Bertz CT molecular complexity index is 537. The lowest BCUT2D eigenvalue weighted by atomic mass is 10.2. The number of nitrogens with zero attached hydrogens (tertiary/aromatic N) is 1. The lowest BCUT2D eigenvalue weighted by molar-refractivity contribution is -0.148. The fourth-order valence-corrected chi connectivity index (χ4v) is 3.12. The van der Waals surface area contributed by atoms with Gasteiger partial charge in [0.25, 0.3) is 5.91 Å². The van der Waals surface area contributed by atoms with E-state index in [0.29, 0.717) is 22.4 Å². The molecule has 1 unspecified atom stereocenters. The van der Waals surface area contributed by atoms with E-state index in [1.807, 2.05) is 6.92 Å². The van der Waals surface area contributed by atoms with Crippen LogP contribution in [0.5, 0.6) is 5.75 Å². The number of halogens is 1. The number of hydrogen-bond acceptors (Lipinski definition) is 4. The predicted octanol–water partition coefficient (Wildman–Crippen LogP) is 2.01. The van der Waals surface area contributed by atoms with E-state index in [1.54, 1.807) is 18.2 Å². The normalized spacial score (nSPS) is 18.1. The number of aliphatic carboxylic acids is 1. The SMILES string of the molecule is Cc1cc(OCC(=O)N2CSCC2C(=O)O)ccc1Cl. The van der Waals surface area contributed by atoms with Gasteiger partial charge >= 0.3 is 5.97 Å². The molecule has 1 aliphatic heterocycles. The summed E-state index contributed by atoms with van der Waals surface area (Å²) in [6.07, 6.45) is 0. The largest absolute Gasteiger partial charge is 0.484 e. The van der Waals surface area contributed by atoms with Crippen LogP contribution in [0.25, 0.3) is 0 Å². The van der Waals surface area contributed by atoms with Gasteiger partial charge in [0.2, 0.25) is 0 Å². The summed E-state index contributed by atoms with van der Waals surface area (Å²) in [4.78, 5) is 24.3. The van der Waals surface area contributed by atoms with Gasteiger partial charge in [0.15, 0.2) is 6.61 Å². The highest BCUT2D eigenvalue weighted by Crippen LogP contribution is 2.23. The smallest absolute Gasteiger partial charge is 0.327 e. The van der Waals surface area contributed by atoms with E-state index in [-0.39, 0.29) is 12.5 Å². The minimum absolute atomic E-state index is 0.175. The Labute approximate surface area is 125 Å². The molecule has 108 valence electrons. The van der Waals surface area contributed by atoms with E-state index >= 15 is 0 Å². The Morgan fingerprint density at radius 2 is 2.30 bits per heavy atom. The molecule has 1 amide bonds. The van der Waals surface area contributed by atoms with Crippen LogP contribution in [0.3, 0.4) is 0 Å². The Balaban J connectivity index is 1.94. The molecular weight excluding hydrogens is 302 g/mol. The third-order valence-corrected chi connectivity index (χ3v) is 4.42. The second kappa shape index (κ2) is 6.37. The van der Waals surface area contributed by atoms with Crippen molar-refractivity contribution in [2.75, 3.05) is 18.2 Å². The fraction of sp³-hybridized carbons (Fsp3) is 0.385. The molecule has 0 bridgehead atoms. The predicted molar refractivity (Wildman–Crippen MR) is 77.3 cm³/mol. The maximum atomic E-state index is 12.0. The van der Waals surface area contributed by atoms with Crippen molar-refractivity contribution < 1.29 is 19.4 Å². The first-order valence-corrected chi connectivity index (χ1v) is 7.51. The summed E-state index contributed by atoms with van der Waals surface area (Å²) in [5.41, 5.74) is 0.858. The third-order valence-electron chi connectivity index (χ3n) is 2.98. The van der Waals surface area contributed by atoms with Gasteiger partial charge in [0.05, 0.1) is 5.88 Å². The highest BCUT2D eigenvalue weighted by Gasteiger charge is 2.34. The number of ether oxygens (including phenoxy) is 1. The van der Waals surface area contributed by atoms with Gasteiger partial charge in [0.1, 0.15) is 11.8 Å². The second-order valence-corrected chi connectivity index (χ2v) is 5.82. The van der Waals surface area contributed by atoms with Crippen molar-refractivity contribution in [3.8, 4) is 5.75 Å². The van der Waals surface area contributed by atoms with Crippen LogP contribution < -0.4 is 4.74 Å². The summed E-state index contributed by atoms with van der Waals surface area (Å²) >= 11 is 7.33. The summed E-state index contributed by atoms with van der Waals surface area (Å²) in [6, 6.07) is 4.35. The van der Waals surface area contributed by atoms with Gasteiger partial charge in [0, 0.05) is 10.8 Å². The molecule has 0 saturated carbocycles. The molecule has 1 atom stereocenters. The molecule has 1 fully saturated rings. The number of hydrogen-bond donors (Lipinski definition) is 1. The molecule has 2 rings (SSSR count). The van der Waals surface area contributed by atoms with Gasteiger partial charge in [-0.1, -0.05) is 11.6 Å². The zero-order valence-corrected chi connectivity index (χ0v) is 12.4. The van der Waals surface area contributed by atoms with Crippen LogP contribution in [0.2, 0.25) is 5.02 Å². The van der Waals surface area contributed by atoms with Crippen molar-refractivity contribution in [1.82, 2.24) is 4.90 Å². The summed E-state index contributed by atoms with van der Waals surface area (Å²) in [5.74, 6) is 0.0413. The molecule has 7 heteroatoms. The molecule has 1 heterocycles. The van der Waals surface area contributed by atoms with E-state index in [2.05, 4.69) is 0 Å². The molecule has 0 aromatic heterocycles. The van der Waals surface area contributed by atoms with Crippen molar-refractivity contribution >= 4 is 35.2 Å². The van der Waals surface area contributed by atoms with E-state index in [0.717, 1.165) is 5.56 Å². The van der Waals surface area contributed by atoms with E-state index < -0.39 is 12.0 Å². The number of carboxylic acids is 1. The maximum absolute atomic E-state index is 12.0. The molecule has 0 radical (unpaired) electrons. The molecular formula is C13H14ClNO4S. The molecule has 1 N–H and O–H groups in total. The van der Waals surface area contributed by atoms with Gasteiger partial charge in [-0.05, 0) is 30.7 Å². The van der Waals surface area contributed by atoms with Crippen LogP contribution in [0.4, 0.5) is 0 Å². The van der Waals surface area contributed by atoms with Crippen molar-refractivity contribution in [2.45, 2.75) is 13.0 Å². The second-order valence-electron chi connectivity index (χ2n) is 4.42. The first-order valence-electron chi connectivity index (χ1n) is 5.98. The standard InChI is InChI=1S/C13H14ClNO4S/c1-8-4-9(2-3-10(8)14)19-5-12(16)15-7-20-6-11(15)13(17)18/h2-4,11H,5-7H2,1H3,(H,17,18). The molecule has 1 aliphatic rings. The molecule has 1 aromatic carbocycles. The summed E-state index contributed by atoms with van der Waals surface area (Å²) < 4.78 is 5.39. The van der Waals surface area contributed by atoms with Gasteiger partial charge in [-0.2, -0.15) is 0 Å². The van der Waals surface area contributed by atoms with Gasteiger partial charge in [-0.15, -0.1) is 11.8 Å². The third kappa shape index (κ3) is 3.37. The Morgan fingerprint density at radius 1 is 1.55 bits per heavy atom. The van der Waals surface area contributed by atoms with Gasteiger partial charge in [-0.3, -0.25) is 4.79 Å². The number of carboxylic acid groups (broad SMARTS) is 1. The summed E-state index contributed by atoms with van der Waals surface area (Å²) in [6.45, 7) is 1.67. The molecule has 1 saturated heterocycles. The van der Waals surface area contributed by atoms with Crippen LogP contribution in [0, 0.1) is 6.92 Å². The van der Waals surface area contributed by atoms with Gasteiger partial charge < -0.3 is 14.7 Å². The number of benzene rings is 1. The van der Waals surface area contributed by atoms with Crippen LogP contribution in [0.1, 0.15) is 5.56 Å². The van der Waals surface area contributed by atoms with Crippen molar-refractivity contribution in [3.05, 3.63) is 28.8 Å². The first-order chi connectivity index (χ1) is 9.49. The Morgan fingerprint density at radius 3 is 2.95 bits per heavy atom. The van der Waals surface area contributed by atoms with Gasteiger partial charge in [-0.25, -0.2) is 4.79 Å². The maximum Gasteiger partial charge on any atom is 0.327 e. The van der Waals surface area contributed by atoms with Crippen molar-refractivity contribution in [3.63, 3.8) is 0 Å². The molecule has 0 aliphatic carbocycles. The number of carbonyl (C=O) groups is 2. The summed E-state index contributed by atoms with van der Waals surface area (Å²) in [7, 11) is 0. The molecule has 0 spiro atoms. The highest BCUT2D eigenvalue weighted by atomic mass is 35.5. The first kappa shape index (κ1) is 15.0. The number of rotatable bonds is 4. The summed E-state index contributed by atoms with van der Waals surface area (Å²) in [5, 5.41) is 9.65. The molecule has 20 heavy (non-hydrogen) atoms. The number of aryl methyl sites for hydroxylation is 1. The zero-order valence-electron chi connectivity index (χ0n) is 10.8. The van der Waals surface area contributed by atoms with Crippen LogP contribution in [-0.2, 0) is 9.59 Å². The van der Waals surface area contributed by atoms with Crippen LogP contribution >= 0.6 is 23.4 Å². The fourth-order valence-electron chi connectivity index (χ4n) is 1.83. The average Bonchev–Trinajstić information content (AvgIpc) is 2.89. The van der Waals surface area contributed by atoms with E-state index in [4.69, 9.17) is 21.4 Å². The molecule has 5 nitrogen and oxygen atoms in total. The topological polar surface area (TPSA) is 66.8 Å². The Kier molecular flexibility index (Phi) is 4.77. The highest BCUT2D eigenvalue weighted by molar-refractivity contribution is 7.99. The minimum atomic E-state index is -0.981. The van der Waals surface area contributed by atoms with E-state index in [9.17, 15) is 9.59 Å². The van der Waals surface area contributed by atoms with Crippen LogP contribution in [0.15, 0.2) is 18.2 Å². The number of carbonyl (C=O) groups excluding carboxylic acids is 1. The number of thioether (sulfide) groups is 1. The zero-order chi connectivity index (χ0) is 14.7. The quantitative estimate of drug-likeness (QED) is 0.920. The molecule has 1 aromatic rings. The lowest BCUT2D eigenvalue weighted by Gasteiger charge is -2.20. The van der Waals surface area contributed by atoms with E-state index in [1.165, 1.54) is 16.7 Å². The average molecular weight is 316 g/mol. The Hall–Kier alpha value is -1.40. The monoisotopic (exact) mass is 315 g/mol.